The van der Waals surface area contributed by atoms with E-state index in [-0.39, 0.29) is 11.6 Å². The predicted octanol–water partition coefficient (Wildman–Crippen LogP) is 2.40. The highest BCUT2D eigenvalue weighted by molar-refractivity contribution is 5.94. The zero-order valence-corrected chi connectivity index (χ0v) is 14.1. The highest BCUT2D eigenvalue weighted by Gasteiger charge is 2.21. The molecule has 124 valence electrons. The Labute approximate surface area is 140 Å². The van der Waals surface area contributed by atoms with Crippen LogP contribution in [0.5, 0.6) is 0 Å². The summed E-state index contributed by atoms with van der Waals surface area (Å²) in [7, 11) is 0. The molecule has 2 heterocycles. The molecule has 6 heteroatoms. The van der Waals surface area contributed by atoms with E-state index >= 15 is 0 Å². The Kier molecular flexibility index (Phi) is 4.07. The third-order valence-electron chi connectivity index (χ3n) is 4.05. The Morgan fingerprint density at radius 1 is 1.29 bits per heavy atom. The molecule has 0 aliphatic carbocycles. The summed E-state index contributed by atoms with van der Waals surface area (Å²) in [6.45, 7) is 6.10. The molecule has 3 aromatic rings. The SMILES string of the molecule is Cc1c(-c2cncc(C(=O)NC(C)(C)CN)n2)[nH]c2ccccc12. The third kappa shape index (κ3) is 3.00. The zero-order valence-electron chi connectivity index (χ0n) is 14.1. The molecule has 2 aromatic heterocycles. The number of nitrogens with two attached hydrogens (primary N) is 1. The van der Waals surface area contributed by atoms with Crippen molar-refractivity contribution in [2.45, 2.75) is 26.3 Å². The van der Waals surface area contributed by atoms with Crippen LogP contribution in [-0.4, -0.2) is 32.9 Å². The zero-order chi connectivity index (χ0) is 17.3. The maximum absolute atomic E-state index is 12.4. The van der Waals surface area contributed by atoms with Crippen molar-refractivity contribution in [1.82, 2.24) is 20.3 Å². The largest absolute Gasteiger partial charge is 0.353 e. The summed E-state index contributed by atoms with van der Waals surface area (Å²) < 4.78 is 0. The van der Waals surface area contributed by atoms with Crippen LogP contribution >= 0.6 is 0 Å². The first-order valence-electron chi connectivity index (χ1n) is 7.83. The standard InChI is InChI=1S/C18H21N5O/c1-11-12-6-4-5-7-13(12)22-16(11)14-8-20-9-15(21-14)17(24)23-18(2,3)10-19/h4-9,22H,10,19H2,1-3H3,(H,23,24). The van der Waals surface area contributed by atoms with Crippen molar-refractivity contribution in [3.8, 4) is 11.4 Å². The second kappa shape index (κ2) is 6.05. The van der Waals surface area contributed by atoms with Gasteiger partial charge in [0.1, 0.15) is 11.4 Å². The van der Waals surface area contributed by atoms with E-state index in [4.69, 9.17) is 5.73 Å². The predicted molar refractivity (Wildman–Crippen MR) is 94.7 cm³/mol. The maximum atomic E-state index is 12.4. The number of hydrogen-bond acceptors (Lipinski definition) is 4. The van der Waals surface area contributed by atoms with Gasteiger partial charge in [-0.15, -0.1) is 0 Å². The number of aromatic amines is 1. The van der Waals surface area contributed by atoms with Crippen molar-refractivity contribution in [2.75, 3.05) is 6.54 Å². The maximum Gasteiger partial charge on any atom is 0.271 e. The third-order valence-corrected chi connectivity index (χ3v) is 4.05. The average molecular weight is 323 g/mol. The van der Waals surface area contributed by atoms with Gasteiger partial charge in [0.15, 0.2) is 0 Å². The number of amides is 1. The van der Waals surface area contributed by atoms with Gasteiger partial charge in [-0.1, -0.05) is 18.2 Å². The number of rotatable bonds is 4. The summed E-state index contributed by atoms with van der Waals surface area (Å²) in [5, 5.41) is 4.00. The lowest BCUT2D eigenvalue weighted by atomic mass is 10.1. The van der Waals surface area contributed by atoms with Crippen LogP contribution in [0.25, 0.3) is 22.3 Å². The van der Waals surface area contributed by atoms with Gasteiger partial charge < -0.3 is 16.0 Å². The molecule has 0 aliphatic rings. The molecule has 0 fully saturated rings. The fraction of sp³-hybridized carbons (Fsp3) is 0.278. The van der Waals surface area contributed by atoms with Crippen LogP contribution in [0.2, 0.25) is 0 Å². The number of aryl methyl sites for hydroxylation is 1. The fourth-order valence-corrected chi connectivity index (χ4v) is 2.56. The Hall–Kier alpha value is -2.73. The molecule has 24 heavy (non-hydrogen) atoms. The Balaban J connectivity index is 1.98. The van der Waals surface area contributed by atoms with Crippen LogP contribution in [-0.2, 0) is 0 Å². The molecule has 0 saturated carbocycles. The molecule has 0 aliphatic heterocycles. The van der Waals surface area contributed by atoms with Crippen molar-refractivity contribution in [2.24, 2.45) is 5.73 Å². The van der Waals surface area contributed by atoms with Crippen molar-refractivity contribution < 1.29 is 4.79 Å². The van der Waals surface area contributed by atoms with Gasteiger partial charge in [-0.3, -0.25) is 9.78 Å². The molecule has 6 nitrogen and oxygen atoms in total. The van der Waals surface area contributed by atoms with Crippen LogP contribution in [0.1, 0.15) is 29.9 Å². The Morgan fingerprint density at radius 2 is 2.04 bits per heavy atom. The first-order chi connectivity index (χ1) is 11.4. The molecular weight excluding hydrogens is 302 g/mol. The molecule has 0 atom stereocenters. The minimum atomic E-state index is -0.494. The topological polar surface area (TPSA) is 96.7 Å². The molecular formula is C18H21N5O. The fourth-order valence-electron chi connectivity index (χ4n) is 2.56. The lowest BCUT2D eigenvalue weighted by Crippen LogP contribution is -2.49. The summed E-state index contributed by atoms with van der Waals surface area (Å²) in [6, 6.07) is 8.04. The van der Waals surface area contributed by atoms with Crippen molar-refractivity contribution in [3.05, 3.63) is 47.9 Å². The summed E-state index contributed by atoms with van der Waals surface area (Å²) in [4.78, 5) is 24.4. The average Bonchev–Trinajstić information content (AvgIpc) is 2.92. The van der Waals surface area contributed by atoms with Crippen LogP contribution in [0.3, 0.4) is 0 Å². The first kappa shape index (κ1) is 16.1. The van der Waals surface area contributed by atoms with Gasteiger partial charge in [0.2, 0.25) is 0 Å². The highest BCUT2D eigenvalue weighted by Crippen LogP contribution is 2.28. The molecule has 3 rings (SSSR count). The van der Waals surface area contributed by atoms with E-state index in [0.29, 0.717) is 12.2 Å². The van der Waals surface area contributed by atoms with Gasteiger partial charge in [0.25, 0.3) is 5.91 Å². The summed E-state index contributed by atoms with van der Waals surface area (Å²) >= 11 is 0. The van der Waals surface area contributed by atoms with Gasteiger partial charge in [-0.05, 0) is 32.4 Å². The van der Waals surface area contributed by atoms with Crippen LogP contribution < -0.4 is 11.1 Å². The number of carbonyl (C=O) groups is 1. The lowest BCUT2D eigenvalue weighted by molar-refractivity contribution is 0.0910. The van der Waals surface area contributed by atoms with Gasteiger partial charge >= 0.3 is 0 Å². The lowest BCUT2D eigenvalue weighted by Gasteiger charge is -2.23. The molecule has 0 saturated heterocycles. The normalized spacial score (nSPS) is 11.7. The number of hydrogen-bond donors (Lipinski definition) is 3. The number of nitrogens with one attached hydrogen (secondary N) is 2. The van der Waals surface area contributed by atoms with Gasteiger partial charge in [0, 0.05) is 23.0 Å². The van der Waals surface area contributed by atoms with E-state index < -0.39 is 5.54 Å². The second-order valence-electron chi connectivity index (χ2n) is 6.50. The minimum absolute atomic E-state index is 0.270. The number of para-hydroxylation sites is 1. The van der Waals surface area contributed by atoms with Crippen molar-refractivity contribution >= 4 is 16.8 Å². The number of fused-ring (bicyclic) bond motifs is 1. The molecule has 0 spiro atoms. The quantitative estimate of drug-likeness (QED) is 0.687. The number of carbonyl (C=O) groups excluding carboxylic acids is 1. The van der Waals surface area contributed by atoms with E-state index in [9.17, 15) is 4.79 Å². The number of H-pyrrole nitrogens is 1. The smallest absolute Gasteiger partial charge is 0.271 e. The van der Waals surface area contributed by atoms with Gasteiger partial charge in [-0.25, -0.2) is 4.98 Å². The summed E-state index contributed by atoms with van der Waals surface area (Å²) in [5.41, 5.74) is 9.07. The van der Waals surface area contributed by atoms with E-state index in [1.807, 2.05) is 39.0 Å². The monoisotopic (exact) mass is 323 g/mol. The van der Waals surface area contributed by atoms with E-state index in [1.54, 1.807) is 6.20 Å². The summed E-state index contributed by atoms with van der Waals surface area (Å²) in [6.07, 6.45) is 3.12. The second-order valence-corrected chi connectivity index (χ2v) is 6.50. The van der Waals surface area contributed by atoms with E-state index in [0.717, 1.165) is 22.2 Å². The van der Waals surface area contributed by atoms with Gasteiger partial charge in [-0.2, -0.15) is 0 Å². The number of aromatic nitrogens is 3. The Bertz CT molecular complexity index is 897. The van der Waals surface area contributed by atoms with Crippen LogP contribution in [0.4, 0.5) is 0 Å². The van der Waals surface area contributed by atoms with Gasteiger partial charge in [0.05, 0.1) is 18.1 Å². The van der Waals surface area contributed by atoms with E-state index in [1.165, 1.54) is 6.20 Å². The molecule has 1 amide bonds. The molecule has 0 unspecified atom stereocenters. The van der Waals surface area contributed by atoms with Crippen molar-refractivity contribution in [3.63, 3.8) is 0 Å². The molecule has 0 bridgehead atoms. The highest BCUT2D eigenvalue weighted by atomic mass is 16.2. The molecule has 1 aromatic carbocycles. The molecule has 0 radical (unpaired) electrons. The Morgan fingerprint density at radius 3 is 2.75 bits per heavy atom. The summed E-state index contributed by atoms with van der Waals surface area (Å²) in [5.74, 6) is -0.284. The molecule has 4 N–H and O–H groups in total. The number of benzene rings is 1. The van der Waals surface area contributed by atoms with Crippen molar-refractivity contribution in [1.29, 1.82) is 0 Å². The van der Waals surface area contributed by atoms with E-state index in [2.05, 4.69) is 26.3 Å². The first-order valence-corrected chi connectivity index (χ1v) is 7.83. The van der Waals surface area contributed by atoms with Crippen LogP contribution in [0.15, 0.2) is 36.7 Å². The van der Waals surface area contributed by atoms with Crippen LogP contribution in [0, 0.1) is 6.92 Å². The minimum Gasteiger partial charge on any atom is -0.353 e. The number of nitrogens with zero attached hydrogens (tertiary/aromatic N) is 2.